The summed E-state index contributed by atoms with van der Waals surface area (Å²) in [5, 5.41) is 17.1. The fraction of sp³-hybridized carbons (Fsp3) is 0.120. The fourth-order valence-corrected chi connectivity index (χ4v) is 3.49. The van der Waals surface area contributed by atoms with Crippen LogP contribution < -0.4 is 19.9 Å². The number of anilines is 1. The molecule has 0 aromatic heterocycles. The average molecular weight is 478 g/mol. The quantitative estimate of drug-likeness (QED) is 0.355. The third kappa shape index (κ3) is 6.68. The van der Waals surface area contributed by atoms with Gasteiger partial charge in [0.2, 0.25) is 10.0 Å². The number of primary sulfonamides is 1. The van der Waals surface area contributed by atoms with Crippen molar-refractivity contribution in [2.75, 3.05) is 11.9 Å². The Hall–Kier alpha value is -4.13. The standard InChI is InChI=1S/C25H23N3O5S/c1-2-32-24-15-19(8-13-23(24)33-17-18-6-4-3-5-7-18)14-20(16-26)25(29)28-21-9-11-22(12-10-21)34(27,30)31/h3-15H,2,17H2,1H3,(H,28,29)(H2,27,30,31). The minimum absolute atomic E-state index is 0.0837. The number of nitrogens with two attached hydrogens (primary N) is 1. The summed E-state index contributed by atoms with van der Waals surface area (Å²) in [6.45, 7) is 2.62. The van der Waals surface area contributed by atoms with Gasteiger partial charge in [-0.15, -0.1) is 0 Å². The largest absolute Gasteiger partial charge is 0.490 e. The lowest BCUT2D eigenvalue weighted by atomic mass is 10.1. The zero-order valence-electron chi connectivity index (χ0n) is 18.4. The summed E-state index contributed by atoms with van der Waals surface area (Å²) in [7, 11) is -3.84. The molecular formula is C25H23N3O5S. The molecule has 0 saturated carbocycles. The first kappa shape index (κ1) is 24.5. The number of amides is 1. The van der Waals surface area contributed by atoms with Crippen LogP contribution >= 0.6 is 0 Å². The van der Waals surface area contributed by atoms with Crippen molar-refractivity contribution in [3.05, 3.63) is 89.5 Å². The Morgan fingerprint density at radius 3 is 2.35 bits per heavy atom. The molecule has 0 fully saturated rings. The van der Waals surface area contributed by atoms with Crippen LogP contribution in [0, 0.1) is 11.3 Å². The van der Waals surface area contributed by atoms with Gasteiger partial charge in [0.05, 0.1) is 11.5 Å². The van der Waals surface area contributed by atoms with E-state index in [9.17, 15) is 18.5 Å². The molecule has 174 valence electrons. The highest BCUT2D eigenvalue weighted by atomic mass is 32.2. The Kier molecular flexibility index (Phi) is 8.03. The number of nitrogens with one attached hydrogen (secondary N) is 1. The number of sulfonamides is 1. The summed E-state index contributed by atoms with van der Waals surface area (Å²) in [6, 6.07) is 22.0. The number of rotatable bonds is 9. The van der Waals surface area contributed by atoms with Gasteiger partial charge in [0.25, 0.3) is 5.91 Å². The molecule has 8 nitrogen and oxygen atoms in total. The van der Waals surface area contributed by atoms with Crippen molar-refractivity contribution in [3.63, 3.8) is 0 Å². The van der Waals surface area contributed by atoms with E-state index in [0.717, 1.165) is 5.56 Å². The Balaban J connectivity index is 1.76. The first-order chi connectivity index (χ1) is 16.3. The first-order valence-corrected chi connectivity index (χ1v) is 11.8. The monoisotopic (exact) mass is 477 g/mol. The van der Waals surface area contributed by atoms with Crippen LogP contribution in [0.4, 0.5) is 5.69 Å². The molecular weight excluding hydrogens is 454 g/mol. The van der Waals surface area contributed by atoms with E-state index in [1.165, 1.54) is 30.3 Å². The number of nitrogens with zero attached hydrogens (tertiary/aromatic N) is 1. The van der Waals surface area contributed by atoms with Crippen LogP contribution in [0.1, 0.15) is 18.1 Å². The predicted octanol–water partition coefficient (Wildman–Crippen LogP) is 3.86. The van der Waals surface area contributed by atoms with Crippen molar-refractivity contribution in [3.8, 4) is 17.6 Å². The van der Waals surface area contributed by atoms with Crippen molar-refractivity contribution < 1.29 is 22.7 Å². The summed E-state index contributed by atoms with van der Waals surface area (Å²) >= 11 is 0. The maximum Gasteiger partial charge on any atom is 0.266 e. The molecule has 3 rings (SSSR count). The van der Waals surface area contributed by atoms with E-state index in [1.54, 1.807) is 18.2 Å². The van der Waals surface area contributed by atoms with Gasteiger partial charge in [0.1, 0.15) is 18.2 Å². The normalized spacial score (nSPS) is 11.4. The third-order valence-electron chi connectivity index (χ3n) is 4.62. The van der Waals surface area contributed by atoms with Crippen LogP contribution in [0.15, 0.2) is 83.3 Å². The molecule has 0 aliphatic carbocycles. The third-order valence-corrected chi connectivity index (χ3v) is 5.55. The number of nitriles is 1. The number of hydrogen-bond acceptors (Lipinski definition) is 6. The second-order valence-electron chi connectivity index (χ2n) is 7.11. The summed E-state index contributed by atoms with van der Waals surface area (Å²) in [6.07, 6.45) is 1.43. The topological polar surface area (TPSA) is 132 Å². The molecule has 1 amide bonds. The van der Waals surface area contributed by atoms with Gasteiger partial charge < -0.3 is 14.8 Å². The maximum atomic E-state index is 12.6. The lowest BCUT2D eigenvalue weighted by Gasteiger charge is -2.13. The SMILES string of the molecule is CCOc1cc(C=C(C#N)C(=O)Nc2ccc(S(N)(=O)=O)cc2)ccc1OCc1ccccc1. The van der Waals surface area contributed by atoms with E-state index in [2.05, 4.69) is 5.32 Å². The molecule has 0 bridgehead atoms. The number of carbonyl (C=O) groups excluding carboxylic acids is 1. The van der Waals surface area contributed by atoms with Crippen molar-refractivity contribution in [1.29, 1.82) is 5.26 Å². The molecule has 0 saturated heterocycles. The van der Waals surface area contributed by atoms with E-state index >= 15 is 0 Å². The van der Waals surface area contributed by atoms with Gasteiger partial charge in [0, 0.05) is 5.69 Å². The second-order valence-corrected chi connectivity index (χ2v) is 8.67. The Labute approximate surface area is 198 Å². The summed E-state index contributed by atoms with van der Waals surface area (Å²) in [5.41, 5.74) is 1.76. The smallest absolute Gasteiger partial charge is 0.266 e. The van der Waals surface area contributed by atoms with E-state index < -0.39 is 15.9 Å². The highest BCUT2D eigenvalue weighted by Gasteiger charge is 2.13. The highest BCUT2D eigenvalue weighted by Crippen LogP contribution is 2.30. The van der Waals surface area contributed by atoms with Crippen LogP contribution in [-0.2, 0) is 21.4 Å². The molecule has 0 unspecified atom stereocenters. The Bertz CT molecular complexity index is 1330. The van der Waals surface area contributed by atoms with Gasteiger partial charge in [-0.25, -0.2) is 13.6 Å². The molecule has 9 heteroatoms. The van der Waals surface area contributed by atoms with Crippen LogP contribution in [0.3, 0.4) is 0 Å². The molecule has 3 N–H and O–H groups in total. The molecule has 0 atom stereocenters. The molecule has 34 heavy (non-hydrogen) atoms. The van der Waals surface area contributed by atoms with Crippen molar-refractivity contribution in [2.24, 2.45) is 5.14 Å². The first-order valence-electron chi connectivity index (χ1n) is 10.3. The summed E-state index contributed by atoms with van der Waals surface area (Å²) in [5.74, 6) is 0.387. The zero-order valence-corrected chi connectivity index (χ0v) is 19.2. The van der Waals surface area contributed by atoms with E-state index in [1.807, 2.05) is 43.3 Å². The highest BCUT2D eigenvalue weighted by molar-refractivity contribution is 7.89. The molecule has 0 aliphatic heterocycles. The van der Waals surface area contributed by atoms with E-state index in [4.69, 9.17) is 14.6 Å². The zero-order chi connectivity index (χ0) is 24.6. The van der Waals surface area contributed by atoms with Crippen molar-refractivity contribution in [2.45, 2.75) is 18.4 Å². The van der Waals surface area contributed by atoms with Gasteiger partial charge in [-0.2, -0.15) is 5.26 Å². The minimum Gasteiger partial charge on any atom is -0.490 e. The van der Waals surface area contributed by atoms with E-state index in [-0.39, 0.29) is 10.5 Å². The molecule has 0 spiro atoms. The number of carbonyl (C=O) groups is 1. The van der Waals surface area contributed by atoms with Crippen LogP contribution in [-0.4, -0.2) is 20.9 Å². The molecule has 0 aliphatic rings. The van der Waals surface area contributed by atoms with Gasteiger partial charge in [-0.3, -0.25) is 4.79 Å². The van der Waals surface area contributed by atoms with Crippen molar-refractivity contribution >= 4 is 27.7 Å². The van der Waals surface area contributed by atoms with Crippen LogP contribution in [0.25, 0.3) is 6.08 Å². The fourth-order valence-electron chi connectivity index (χ4n) is 2.98. The lowest BCUT2D eigenvalue weighted by Crippen LogP contribution is -2.14. The lowest BCUT2D eigenvalue weighted by molar-refractivity contribution is -0.112. The number of benzene rings is 3. The molecule has 0 heterocycles. The van der Waals surface area contributed by atoms with Crippen molar-refractivity contribution in [1.82, 2.24) is 0 Å². The molecule has 3 aromatic rings. The Morgan fingerprint density at radius 2 is 1.74 bits per heavy atom. The van der Waals surface area contributed by atoms with Gasteiger partial charge in [-0.05, 0) is 60.5 Å². The predicted molar refractivity (Wildman–Crippen MR) is 128 cm³/mol. The minimum atomic E-state index is -3.84. The van der Waals surface area contributed by atoms with Gasteiger partial charge >= 0.3 is 0 Å². The summed E-state index contributed by atoms with van der Waals surface area (Å²) in [4.78, 5) is 12.5. The van der Waals surface area contributed by atoms with Crippen LogP contribution in [0.5, 0.6) is 11.5 Å². The maximum absolute atomic E-state index is 12.6. The number of hydrogen-bond donors (Lipinski definition) is 2. The van der Waals surface area contributed by atoms with Crippen LogP contribution in [0.2, 0.25) is 0 Å². The summed E-state index contributed by atoms with van der Waals surface area (Å²) < 4.78 is 34.3. The Morgan fingerprint density at radius 1 is 1.03 bits per heavy atom. The number of ether oxygens (including phenoxy) is 2. The van der Waals surface area contributed by atoms with E-state index in [0.29, 0.717) is 36.0 Å². The molecule has 0 radical (unpaired) electrons. The van der Waals surface area contributed by atoms with Gasteiger partial charge in [0.15, 0.2) is 11.5 Å². The second kappa shape index (κ2) is 11.1. The molecule has 3 aromatic carbocycles. The average Bonchev–Trinajstić information content (AvgIpc) is 2.82. The van der Waals surface area contributed by atoms with Gasteiger partial charge in [-0.1, -0.05) is 36.4 Å².